The molecule has 5 heteroatoms. The number of halogens is 1. The van der Waals surface area contributed by atoms with E-state index in [1.165, 1.54) is 0 Å². The molecule has 0 aliphatic heterocycles. The summed E-state index contributed by atoms with van der Waals surface area (Å²) >= 11 is 5.97. The summed E-state index contributed by atoms with van der Waals surface area (Å²) in [5.41, 5.74) is 2.56. The molecule has 0 spiro atoms. The van der Waals surface area contributed by atoms with E-state index in [0.717, 1.165) is 22.0 Å². The Labute approximate surface area is 150 Å². The molecule has 1 N–H and O–H groups in total. The lowest BCUT2D eigenvalue weighted by Gasteiger charge is -2.04. The summed E-state index contributed by atoms with van der Waals surface area (Å²) in [6.45, 7) is 0.431. The number of hydrogen-bond acceptors (Lipinski definition) is 3. The molecular weight excluding hydrogens is 336 g/mol. The average Bonchev–Trinajstić information content (AvgIpc) is 2.64. The van der Waals surface area contributed by atoms with E-state index in [4.69, 9.17) is 16.3 Å². The Hall–Kier alpha value is -3.03. The maximum absolute atomic E-state index is 11.7. The number of fused-ring (bicyclic) bond motifs is 1. The molecule has 0 bridgehead atoms. The highest BCUT2D eigenvalue weighted by Crippen LogP contribution is 2.19. The van der Waals surface area contributed by atoms with Crippen molar-refractivity contribution in [3.05, 3.63) is 76.9 Å². The van der Waals surface area contributed by atoms with E-state index in [1.807, 2.05) is 42.5 Å². The molecule has 0 saturated carbocycles. The highest BCUT2D eigenvalue weighted by atomic mass is 35.5. The van der Waals surface area contributed by atoms with Crippen molar-refractivity contribution < 1.29 is 9.53 Å². The number of ether oxygens (including phenoxy) is 1. The number of aromatic nitrogens is 1. The largest absolute Gasteiger partial charge is 0.445 e. The Morgan fingerprint density at radius 2 is 2.00 bits per heavy atom. The second-order valence-corrected chi connectivity index (χ2v) is 5.67. The van der Waals surface area contributed by atoms with E-state index in [9.17, 15) is 4.79 Å². The number of amides is 1. The van der Waals surface area contributed by atoms with Gasteiger partial charge < -0.3 is 10.1 Å². The minimum absolute atomic E-state index is 0.199. The van der Waals surface area contributed by atoms with Crippen LogP contribution >= 0.6 is 11.6 Å². The number of carbonyl (C=O) groups excluding carboxylic acids is 1. The molecule has 1 aromatic heterocycles. The fourth-order valence-electron chi connectivity index (χ4n) is 2.26. The maximum Gasteiger partial charge on any atom is 0.408 e. The Morgan fingerprint density at radius 3 is 2.84 bits per heavy atom. The molecule has 4 nitrogen and oxygen atoms in total. The lowest BCUT2D eigenvalue weighted by atomic mass is 10.1. The van der Waals surface area contributed by atoms with Crippen LogP contribution in [0.2, 0.25) is 5.02 Å². The fraction of sp³-hybridized carbons (Fsp3) is 0.100. The van der Waals surface area contributed by atoms with Crippen LogP contribution in [0.1, 0.15) is 11.1 Å². The van der Waals surface area contributed by atoms with Crippen molar-refractivity contribution in [2.24, 2.45) is 0 Å². The molecule has 1 amide bonds. The van der Waals surface area contributed by atoms with E-state index in [2.05, 4.69) is 22.1 Å². The van der Waals surface area contributed by atoms with Crippen LogP contribution in [0.4, 0.5) is 4.79 Å². The van der Waals surface area contributed by atoms with Crippen molar-refractivity contribution in [3.8, 4) is 11.8 Å². The number of carbonyl (C=O) groups is 1. The minimum Gasteiger partial charge on any atom is -0.445 e. The van der Waals surface area contributed by atoms with Gasteiger partial charge in [0.25, 0.3) is 0 Å². The molecule has 0 saturated heterocycles. The molecule has 0 aliphatic rings. The van der Waals surface area contributed by atoms with Crippen molar-refractivity contribution in [2.45, 2.75) is 6.61 Å². The number of nitrogens with zero attached hydrogens (tertiary/aromatic N) is 1. The van der Waals surface area contributed by atoms with E-state index in [1.54, 1.807) is 18.3 Å². The minimum atomic E-state index is -0.496. The van der Waals surface area contributed by atoms with Gasteiger partial charge >= 0.3 is 6.09 Å². The highest BCUT2D eigenvalue weighted by Gasteiger charge is 2.01. The van der Waals surface area contributed by atoms with Crippen LogP contribution < -0.4 is 5.32 Å². The normalized spacial score (nSPS) is 9.96. The summed E-state index contributed by atoms with van der Waals surface area (Å²) in [5.74, 6) is 5.95. The van der Waals surface area contributed by atoms with Crippen molar-refractivity contribution in [1.82, 2.24) is 10.3 Å². The first-order valence-corrected chi connectivity index (χ1v) is 8.08. The Kier molecular flexibility index (Phi) is 5.50. The number of nitrogens with one attached hydrogen (secondary N) is 1. The zero-order chi connectivity index (χ0) is 17.5. The molecule has 0 unspecified atom stereocenters. The molecule has 0 fully saturated rings. The van der Waals surface area contributed by atoms with E-state index >= 15 is 0 Å². The second-order valence-electron chi connectivity index (χ2n) is 5.24. The number of rotatable bonds is 3. The molecule has 2 aromatic carbocycles. The lowest BCUT2D eigenvalue weighted by Crippen LogP contribution is -2.24. The number of alkyl carbamates (subject to hydrolysis) is 1. The Morgan fingerprint density at radius 1 is 1.16 bits per heavy atom. The van der Waals surface area contributed by atoms with Crippen molar-refractivity contribution >= 4 is 28.6 Å². The zero-order valence-electron chi connectivity index (χ0n) is 13.3. The van der Waals surface area contributed by atoms with Gasteiger partial charge in [-0.1, -0.05) is 59.8 Å². The summed E-state index contributed by atoms with van der Waals surface area (Å²) in [7, 11) is 0. The summed E-state index contributed by atoms with van der Waals surface area (Å²) in [6, 6.07) is 16.8. The summed E-state index contributed by atoms with van der Waals surface area (Å²) in [4.78, 5) is 15.9. The van der Waals surface area contributed by atoms with Gasteiger partial charge in [-0.15, -0.1) is 0 Å². The number of pyridine rings is 1. The standard InChI is InChI=1S/C20H15ClN2O2/c21-17-8-9-18-16(10-12-22-19(18)13-17)7-4-11-23-20(24)25-14-15-5-2-1-3-6-15/h1-3,5-6,8-10,12-13H,11,14H2,(H,23,24). The second kappa shape index (κ2) is 8.18. The summed E-state index contributed by atoms with van der Waals surface area (Å²) in [5, 5.41) is 4.16. The molecule has 3 rings (SSSR count). The van der Waals surface area contributed by atoms with Gasteiger partial charge in [0.1, 0.15) is 6.61 Å². The number of benzene rings is 2. The zero-order valence-corrected chi connectivity index (χ0v) is 14.1. The van der Waals surface area contributed by atoms with Crippen LogP contribution in [0.25, 0.3) is 10.9 Å². The van der Waals surface area contributed by atoms with Gasteiger partial charge in [0, 0.05) is 22.2 Å². The predicted octanol–water partition coefficient (Wildman–Crippen LogP) is 4.17. The SMILES string of the molecule is O=C(NCC#Cc1ccnc2cc(Cl)ccc12)OCc1ccccc1. The van der Waals surface area contributed by atoms with Gasteiger partial charge in [0.15, 0.2) is 0 Å². The van der Waals surface area contributed by atoms with Gasteiger partial charge in [-0.25, -0.2) is 4.79 Å². The van der Waals surface area contributed by atoms with Gasteiger partial charge in [-0.05, 0) is 23.8 Å². The molecule has 0 atom stereocenters. The van der Waals surface area contributed by atoms with Gasteiger partial charge in [-0.3, -0.25) is 4.98 Å². The molecule has 0 aliphatic carbocycles. The van der Waals surface area contributed by atoms with Crippen molar-refractivity contribution in [3.63, 3.8) is 0 Å². The van der Waals surface area contributed by atoms with E-state index in [0.29, 0.717) is 5.02 Å². The van der Waals surface area contributed by atoms with Crippen LogP contribution in [-0.4, -0.2) is 17.6 Å². The third-order valence-electron chi connectivity index (χ3n) is 3.46. The van der Waals surface area contributed by atoms with Gasteiger partial charge in [0.05, 0.1) is 12.1 Å². The van der Waals surface area contributed by atoms with Crippen LogP contribution in [-0.2, 0) is 11.3 Å². The molecule has 0 radical (unpaired) electrons. The Balaban J connectivity index is 1.55. The summed E-state index contributed by atoms with van der Waals surface area (Å²) in [6.07, 6.45) is 1.19. The third-order valence-corrected chi connectivity index (χ3v) is 3.70. The van der Waals surface area contributed by atoms with Crippen molar-refractivity contribution in [1.29, 1.82) is 0 Å². The quantitative estimate of drug-likeness (QED) is 0.721. The van der Waals surface area contributed by atoms with Crippen LogP contribution in [0.15, 0.2) is 60.8 Å². The van der Waals surface area contributed by atoms with Gasteiger partial charge in [0.2, 0.25) is 0 Å². The smallest absolute Gasteiger partial charge is 0.408 e. The predicted molar refractivity (Wildman–Crippen MR) is 98.3 cm³/mol. The first kappa shape index (κ1) is 16.8. The highest BCUT2D eigenvalue weighted by molar-refractivity contribution is 6.31. The van der Waals surface area contributed by atoms with Crippen LogP contribution in [0.3, 0.4) is 0 Å². The topological polar surface area (TPSA) is 51.2 Å². The summed E-state index contributed by atoms with van der Waals surface area (Å²) < 4.78 is 5.12. The molecular formula is C20H15ClN2O2. The van der Waals surface area contributed by atoms with Crippen LogP contribution in [0.5, 0.6) is 0 Å². The first-order valence-electron chi connectivity index (χ1n) is 7.70. The molecule has 124 valence electrons. The molecule has 3 aromatic rings. The molecule has 25 heavy (non-hydrogen) atoms. The van der Waals surface area contributed by atoms with E-state index < -0.39 is 6.09 Å². The van der Waals surface area contributed by atoms with Crippen LogP contribution in [0, 0.1) is 11.8 Å². The number of hydrogen-bond donors (Lipinski definition) is 1. The van der Waals surface area contributed by atoms with Crippen molar-refractivity contribution in [2.75, 3.05) is 6.54 Å². The molecule has 1 heterocycles. The monoisotopic (exact) mass is 350 g/mol. The maximum atomic E-state index is 11.7. The fourth-order valence-corrected chi connectivity index (χ4v) is 2.43. The first-order chi connectivity index (χ1) is 12.2. The van der Waals surface area contributed by atoms with Gasteiger partial charge in [-0.2, -0.15) is 0 Å². The van der Waals surface area contributed by atoms with E-state index in [-0.39, 0.29) is 13.2 Å². The average molecular weight is 351 g/mol. The Bertz CT molecular complexity index is 946. The lowest BCUT2D eigenvalue weighted by molar-refractivity contribution is 0.141. The third kappa shape index (κ3) is 4.72.